The van der Waals surface area contributed by atoms with E-state index in [1.54, 1.807) is 0 Å². The minimum absolute atomic E-state index is 0.0204. The second-order valence-corrected chi connectivity index (χ2v) is 15.2. The maximum atomic E-state index is 5.43. The van der Waals surface area contributed by atoms with Crippen molar-refractivity contribution in [2.45, 2.75) is 65.5 Å². The van der Waals surface area contributed by atoms with Crippen molar-refractivity contribution in [3.05, 3.63) is 120 Å². The average Bonchev–Trinajstić information content (AvgIpc) is 3.80. The Bertz CT molecular complexity index is 2220. The zero-order valence-corrected chi connectivity index (χ0v) is 27.4. The number of rotatable bonds is 2. The Balaban J connectivity index is 1.25. The third-order valence-corrected chi connectivity index (χ3v) is 10.2. The van der Waals surface area contributed by atoms with Gasteiger partial charge >= 0.3 is 0 Å². The standard InChI is InChI=1S/C42H38N4/c1-41(2,3)27-19-29(33-23-45-17-7-9-37(45)31(33)21-27)35-15-13-25-11-12-26-14-16-36(44-40(26)39(25)43-35)30-20-28(42(4,5)6)22-32-34(30)24-46-18-8-10-38(32)46/h7-22H,23-24H2,1-6H3. The van der Waals surface area contributed by atoms with Gasteiger partial charge in [0.05, 0.1) is 22.4 Å². The Hall–Kier alpha value is -4.96. The summed E-state index contributed by atoms with van der Waals surface area (Å²) >= 11 is 0. The van der Waals surface area contributed by atoms with Crippen molar-refractivity contribution in [1.29, 1.82) is 0 Å². The number of hydrogen-bond acceptors (Lipinski definition) is 2. The summed E-state index contributed by atoms with van der Waals surface area (Å²) in [6.07, 6.45) is 4.37. The maximum absolute atomic E-state index is 5.43. The average molecular weight is 599 g/mol. The number of pyridine rings is 2. The predicted octanol–water partition coefficient (Wildman–Crippen LogP) is 10.4. The van der Waals surface area contributed by atoms with E-state index in [1.807, 2.05) is 0 Å². The predicted molar refractivity (Wildman–Crippen MR) is 190 cm³/mol. The van der Waals surface area contributed by atoms with Crippen LogP contribution < -0.4 is 0 Å². The van der Waals surface area contributed by atoms with Gasteiger partial charge in [-0.3, -0.25) is 0 Å². The van der Waals surface area contributed by atoms with E-state index < -0.39 is 0 Å². The summed E-state index contributed by atoms with van der Waals surface area (Å²) in [5.74, 6) is 0. The summed E-state index contributed by atoms with van der Waals surface area (Å²) in [4.78, 5) is 10.9. The zero-order valence-electron chi connectivity index (χ0n) is 27.4. The van der Waals surface area contributed by atoms with Crippen molar-refractivity contribution >= 4 is 21.8 Å². The number of aromatic nitrogens is 4. The molecule has 0 unspecified atom stereocenters. The molecule has 0 fully saturated rings. The van der Waals surface area contributed by atoms with Gasteiger partial charge in [0.15, 0.2) is 0 Å². The van der Waals surface area contributed by atoms with Crippen LogP contribution in [-0.2, 0) is 23.9 Å². The fourth-order valence-corrected chi connectivity index (χ4v) is 7.47. The molecule has 9 rings (SSSR count). The fraction of sp³-hybridized carbons (Fsp3) is 0.238. The van der Waals surface area contributed by atoms with Crippen molar-refractivity contribution in [3.63, 3.8) is 0 Å². The lowest BCUT2D eigenvalue weighted by Crippen LogP contribution is -2.12. The van der Waals surface area contributed by atoms with Crippen molar-refractivity contribution < 1.29 is 0 Å². The molecule has 4 aromatic heterocycles. The van der Waals surface area contributed by atoms with E-state index >= 15 is 0 Å². The van der Waals surface area contributed by atoms with Gasteiger partial charge in [-0.05, 0) is 93.7 Å². The first kappa shape index (κ1) is 27.4. The quantitative estimate of drug-likeness (QED) is 0.186. The lowest BCUT2D eigenvalue weighted by atomic mass is 9.82. The Morgan fingerprint density at radius 3 is 1.30 bits per heavy atom. The van der Waals surface area contributed by atoms with Crippen LogP contribution in [0.1, 0.15) is 63.8 Å². The smallest absolute Gasteiger partial charge is 0.0972 e. The van der Waals surface area contributed by atoms with Crippen LogP contribution in [0.2, 0.25) is 0 Å². The van der Waals surface area contributed by atoms with Crippen LogP contribution >= 0.6 is 0 Å². The molecule has 6 heterocycles. The first-order valence-corrected chi connectivity index (χ1v) is 16.4. The van der Waals surface area contributed by atoms with E-state index in [0.29, 0.717) is 0 Å². The van der Waals surface area contributed by atoms with Gasteiger partial charge in [0, 0.05) is 69.9 Å². The molecule has 2 aliphatic heterocycles. The normalized spacial score (nSPS) is 13.7. The van der Waals surface area contributed by atoms with Gasteiger partial charge in [-0.15, -0.1) is 0 Å². The molecule has 2 aliphatic rings. The molecule has 46 heavy (non-hydrogen) atoms. The van der Waals surface area contributed by atoms with E-state index in [2.05, 4.69) is 148 Å². The van der Waals surface area contributed by atoms with Gasteiger partial charge < -0.3 is 9.13 Å². The third kappa shape index (κ3) is 4.05. The number of fused-ring (bicyclic) bond motifs is 9. The highest BCUT2D eigenvalue weighted by atomic mass is 15.0. The lowest BCUT2D eigenvalue weighted by Gasteiger charge is -2.22. The van der Waals surface area contributed by atoms with Crippen LogP contribution in [0.5, 0.6) is 0 Å². The monoisotopic (exact) mass is 598 g/mol. The zero-order chi connectivity index (χ0) is 31.5. The number of hydrogen-bond donors (Lipinski definition) is 0. The molecule has 7 aromatic rings. The van der Waals surface area contributed by atoms with Gasteiger partial charge in [-0.2, -0.15) is 0 Å². The second-order valence-electron chi connectivity index (χ2n) is 15.2. The molecule has 0 saturated heterocycles. The minimum Gasteiger partial charge on any atom is -0.343 e. The molecule has 3 aromatic carbocycles. The van der Waals surface area contributed by atoms with Gasteiger partial charge in [0.1, 0.15) is 0 Å². The molecule has 4 nitrogen and oxygen atoms in total. The highest BCUT2D eigenvalue weighted by Gasteiger charge is 2.28. The first-order valence-electron chi connectivity index (χ1n) is 16.4. The number of benzene rings is 3. The first-order chi connectivity index (χ1) is 22.0. The largest absolute Gasteiger partial charge is 0.343 e. The van der Waals surface area contributed by atoms with Crippen LogP contribution in [0.3, 0.4) is 0 Å². The summed E-state index contributed by atoms with van der Waals surface area (Å²) in [5.41, 5.74) is 17.0. The minimum atomic E-state index is 0.0204. The van der Waals surface area contributed by atoms with Crippen molar-refractivity contribution in [2.24, 2.45) is 0 Å². The van der Waals surface area contributed by atoms with Gasteiger partial charge in [-0.25, -0.2) is 9.97 Å². The molecule has 226 valence electrons. The molecular weight excluding hydrogens is 560 g/mol. The summed E-state index contributed by atoms with van der Waals surface area (Å²) in [7, 11) is 0. The van der Waals surface area contributed by atoms with E-state index in [1.165, 1.54) is 55.9 Å². The summed E-state index contributed by atoms with van der Waals surface area (Å²) in [6, 6.07) is 31.5. The Morgan fingerprint density at radius 2 is 0.891 bits per heavy atom. The fourth-order valence-electron chi connectivity index (χ4n) is 7.47. The highest BCUT2D eigenvalue weighted by molar-refractivity contribution is 6.04. The summed E-state index contributed by atoms with van der Waals surface area (Å²) in [5, 5.41) is 2.22. The molecule has 0 spiro atoms. The van der Waals surface area contributed by atoms with Crippen LogP contribution in [0.15, 0.2) is 97.3 Å². The SMILES string of the molecule is CC(C)(C)c1cc(-c2ccc3ccc4ccc(-c5cc(C(C)(C)C)cc6c5Cn5cccc5-6)nc4c3n2)c2c(c1)-c1cccn1C2. The molecule has 0 saturated carbocycles. The van der Waals surface area contributed by atoms with Crippen molar-refractivity contribution in [3.8, 4) is 45.0 Å². The molecular formula is C42H38N4. The highest BCUT2D eigenvalue weighted by Crippen LogP contribution is 2.44. The third-order valence-electron chi connectivity index (χ3n) is 10.2. The summed E-state index contributed by atoms with van der Waals surface area (Å²) in [6.45, 7) is 15.5. The van der Waals surface area contributed by atoms with Crippen LogP contribution in [0, 0.1) is 0 Å². The summed E-state index contributed by atoms with van der Waals surface area (Å²) < 4.78 is 4.71. The van der Waals surface area contributed by atoms with E-state index in [9.17, 15) is 0 Å². The van der Waals surface area contributed by atoms with E-state index in [0.717, 1.165) is 46.3 Å². The Kier molecular flexibility index (Phi) is 5.53. The van der Waals surface area contributed by atoms with Crippen LogP contribution in [0.4, 0.5) is 0 Å². The van der Waals surface area contributed by atoms with Gasteiger partial charge in [-0.1, -0.05) is 65.8 Å². The molecule has 0 aliphatic carbocycles. The van der Waals surface area contributed by atoms with E-state index in [4.69, 9.17) is 9.97 Å². The molecule has 0 bridgehead atoms. The molecule has 0 N–H and O–H groups in total. The number of nitrogens with zero attached hydrogens (tertiary/aromatic N) is 4. The lowest BCUT2D eigenvalue weighted by molar-refractivity contribution is 0.590. The van der Waals surface area contributed by atoms with Crippen molar-refractivity contribution in [1.82, 2.24) is 19.1 Å². The maximum Gasteiger partial charge on any atom is 0.0972 e. The second kappa shape index (κ2) is 9.29. The molecule has 0 amide bonds. The topological polar surface area (TPSA) is 35.6 Å². The Labute approximate surface area is 270 Å². The molecule has 4 heteroatoms. The van der Waals surface area contributed by atoms with Gasteiger partial charge in [0.2, 0.25) is 0 Å². The van der Waals surface area contributed by atoms with E-state index in [-0.39, 0.29) is 10.8 Å². The van der Waals surface area contributed by atoms with Gasteiger partial charge in [0.25, 0.3) is 0 Å². The van der Waals surface area contributed by atoms with Crippen LogP contribution in [-0.4, -0.2) is 19.1 Å². The van der Waals surface area contributed by atoms with Crippen molar-refractivity contribution in [2.75, 3.05) is 0 Å². The Morgan fingerprint density at radius 1 is 0.500 bits per heavy atom. The molecule has 0 radical (unpaired) electrons. The molecule has 0 atom stereocenters. The van der Waals surface area contributed by atoms with Crippen LogP contribution in [0.25, 0.3) is 66.8 Å².